The molecule has 1 unspecified atom stereocenters. The van der Waals surface area contributed by atoms with Gasteiger partial charge in [0.15, 0.2) is 5.60 Å². The Labute approximate surface area is 86.9 Å². The van der Waals surface area contributed by atoms with E-state index in [1.54, 1.807) is 18.2 Å². The Morgan fingerprint density at radius 2 is 2.23 bits per heavy atom. The molecular formula is C9H9ClO2S. The van der Waals surface area contributed by atoms with Gasteiger partial charge in [0, 0.05) is 5.02 Å². The van der Waals surface area contributed by atoms with Crippen molar-refractivity contribution in [3.8, 4) is 0 Å². The van der Waals surface area contributed by atoms with E-state index in [1.165, 1.54) is 13.0 Å². The molecule has 0 amide bonds. The van der Waals surface area contributed by atoms with E-state index in [2.05, 4.69) is 12.6 Å². The molecule has 1 rings (SSSR count). The Morgan fingerprint density at radius 1 is 1.62 bits per heavy atom. The highest BCUT2D eigenvalue weighted by Gasteiger charge is 2.29. The van der Waals surface area contributed by atoms with Crippen molar-refractivity contribution in [2.45, 2.75) is 12.5 Å². The summed E-state index contributed by atoms with van der Waals surface area (Å²) in [4.78, 5) is 10.9. The average Bonchev–Trinajstić information content (AvgIpc) is 2.04. The van der Waals surface area contributed by atoms with Gasteiger partial charge in [0.05, 0.1) is 0 Å². The molecule has 1 atom stereocenters. The molecule has 1 N–H and O–H groups in total. The third-order valence-electron chi connectivity index (χ3n) is 1.80. The van der Waals surface area contributed by atoms with Gasteiger partial charge < -0.3 is 5.11 Å². The van der Waals surface area contributed by atoms with Crippen LogP contribution in [-0.4, -0.2) is 10.2 Å². The van der Waals surface area contributed by atoms with Crippen molar-refractivity contribution >= 4 is 29.3 Å². The molecule has 0 bridgehead atoms. The molecule has 0 aliphatic rings. The van der Waals surface area contributed by atoms with Gasteiger partial charge >= 0.3 is 0 Å². The number of aliphatic hydroxyl groups is 1. The molecule has 0 spiro atoms. The van der Waals surface area contributed by atoms with E-state index >= 15 is 0 Å². The van der Waals surface area contributed by atoms with Gasteiger partial charge in [0.2, 0.25) is 5.12 Å². The number of thiol groups is 1. The van der Waals surface area contributed by atoms with Crippen LogP contribution in [0.2, 0.25) is 5.02 Å². The van der Waals surface area contributed by atoms with Crippen LogP contribution in [0, 0.1) is 0 Å². The summed E-state index contributed by atoms with van der Waals surface area (Å²) in [5.74, 6) is 0. The Kier molecular flexibility index (Phi) is 3.01. The second-order valence-corrected chi connectivity index (χ2v) is 3.73. The first-order valence-electron chi connectivity index (χ1n) is 3.66. The van der Waals surface area contributed by atoms with Gasteiger partial charge in [-0.25, -0.2) is 0 Å². The topological polar surface area (TPSA) is 37.3 Å². The Hall–Kier alpha value is -0.510. The third-order valence-corrected chi connectivity index (χ3v) is 2.47. The van der Waals surface area contributed by atoms with Crippen molar-refractivity contribution in [2.75, 3.05) is 0 Å². The lowest BCUT2D eigenvalue weighted by Crippen LogP contribution is -2.28. The minimum atomic E-state index is -1.58. The van der Waals surface area contributed by atoms with Crippen LogP contribution < -0.4 is 0 Å². The molecule has 2 nitrogen and oxygen atoms in total. The molecule has 0 heterocycles. The summed E-state index contributed by atoms with van der Waals surface area (Å²) < 4.78 is 0. The van der Waals surface area contributed by atoms with Crippen molar-refractivity contribution in [3.63, 3.8) is 0 Å². The first-order chi connectivity index (χ1) is 5.94. The van der Waals surface area contributed by atoms with E-state index in [0.29, 0.717) is 10.6 Å². The summed E-state index contributed by atoms with van der Waals surface area (Å²) in [5.41, 5.74) is -1.13. The molecule has 0 aliphatic heterocycles. The van der Waals surface area contributed by atoms with E-state index < -0.39 is 10.7 Å². The maximum absolute atomic E-state index is 10.9. The summed E-state index contributed by atoms with van der Waals surface area (Å²) in [7, 11) is 0. The summed E-state index contributed by atoms with van der Waals surface area (Å²) in [5, 5.41) is 9.58. The Balaban J connectivity index is 3.14. The lowest BCUT2D eigenvalue weighted by atomic mass is 9.98. The van der Waals surface area contributed by atoms with Gasteiger partial charge in [0.1, 0.15) is 0 Å². The zero-order valence-corrected chi connectivity index (χ0v) is 8.64. The predicted octanol–water partition coefficient (Wildman–Crippen LogP) is 2.00. The van der Waals surface area contributed by atoms with Gasteiger partial charge in [-0.05, 0) is 24.6 Å². The first kappa shape index (κ1) is 10.6. The summed E-state index contributed by atoms with van der Waals surface area (Å²) >= 11 is 9.30. The summed E-state index contributed by atoms with van der Waals surface area (Å²) in [6, 6.07) is 6.50. The van der Waals surface area contributed by atoms with Crippen LogP contribution in [0.4, 0.5) is 0 Å². The van der Waals surface area contributed by atoms with Crippen LogP contribution in [0.25, 0.3) is 0 Å². The number of hydrogen-bond acceptors (Lipinski definition) is 2. The Morgan fingerprint density at radius 3 is 2.69 bits per heavy atom. The fraction of sp³-hybridized carbons (Fsp3) is 0.222. The van der Waals surface area contributed by atoms with Crippen molar-refractivity contribution in [1.82, 2.24) is 0 Å². The summed E-state index contributed by atoms with van der Waals surface area (Å²) in [6.45, 7) is 1.38. The number of halogens is 1. The molecule has 0 aromatic heterocycles. The minimum Gasteiger partial charge on any atom is -0.377 e. The highest BCUT2D eigenvalue weighted by atomic mass is 35.5. The maximum Gasteiger partial charge on any atom is 0.221 e. The van der Waals surface area contributed by atoms with Crippen LogP contribution >= 0.6 is 24.2 Å². The molecular weight excluding hydrogens is 208 g/mol. The van der Waals surface area contributed by atoms with Gasteiger partial charge in [-0.1, -0.05) is 23.7 Å². The standard InChI is InChI=1S/C9H9ClO2S/c1-9(12,8(11)13)6-3-2-4-7(10)5-6/h2-5,12H,1H3,(H,11,13). The number of benzene rings is 1. The van der Waals surface area contributed by atoms with E-state index in [9.17, 15) is 9.90 Å². The average molecular weight is 217 g/mol. The van der Waals surface area contributed by atoms with Crippen molar-refractivity contribution in [3.05, 3.63) is 34.9 Å². The zero-order valence-electron chi connectivity index (χ0n) is 6.99. The van der Waals surface area contributed by atoms with Gasteiger partial charge in [-0.2, -0.15) is 0 Å². The summed E-state index contributed by atoms with van der Waals surface area (Å²) in [6.07, 6.45) is 0. The molecule has 0 saturated carbocycles. The van der Waals surface area contributed by atoms with E-state index in [1.807, 2.05) is 0 Å². The monoisotopic (exact) mass is 216 g/mol. The van der Waals surface area contributed by atoms with Crippen LogP contribution in [0.5, 0.6) is 0 Å². The van der Waals surface area contributed by atoms with Crippen molar-refractivity contribution in [1.29, 1.82) is 0 Å². The molecule has 0 saturated heterocycles. The number of carbonyl (C=O) groups is 1. The number of carbonyl (C=O) groups excluding carboxylic acids is 1. The smallest absolute Gasteiger partial charge is 0.221 e. The van der Waals surface area contributed by atoms with Crippen LogP contribution in [0.1, 0.15) is 12.5 Å². The minimum absolute atomic E-state index is 0.444. The second-order valence-electron chi connectivity index (χ2n) is 2.89. The van der Waals surface area contributed by atoms with E-state index in [-0.39, 0.29) is 0 Å². The highest BCUT2D eigenvalue weighted by molar-refractivity contribution is 7.96. The molecule has 4 heteroatoms. The fourth-order valence-corrected chi connectivity index (χ4v) is 1.23. The van der Waals surface area contributed by atoms with Gasteiger partial charge in [0.25, 0.3) is 0 Å². The SMILES string of the molecule is CC(O)(C(=O)S)c1cccc(Cl)c1. The van der Waals surface area contributed by atoms with Crippen LogP contribution in [0.15, 0.2) is 24.3 Å². The molecule has 0 aliphatic carbocycles. The maximum atomic E-state index is 10.9. The zero-order chi connectivity index (χ0) is 10.1. The first-order valence-corrected chi connectivity index (χ1v) is 4.49. The molecule has 1 aromatic rings. The molecule has 0 radical (unpaired) electrons. The number of rotatable bonds is 2. The van der Waals surface area contributed by atoms with Gasteiger partial charge in [-0.15, -0.1) is 12.6 Å². The molecule has 1 aromatic carbocycles. The van der Waals surface area contributed by atoms with E-state index in [4.69, 9.17) is 11.6 Å². The normalized spacial score (nSPS) is 15.1. The van der Waals surface area contributed by atoms with Crippen LogP contribution in [0.3, 0.4) is 0 Å². The molecule has 0 fully saturated rings. The quantitative estimate of drug-likeness (QED) is 0.743. The Bertz CT molecular complexity index is 336. The van der Waals surface area contributed by atoms with Crippen molar-refractivity contribution < 1.29 is 9.90 Å². The van der Waals surface area contributed by atoms with Gasteiger partial charge in [-0.3, -0.25) is 4.79 Å². The fourth-order valence-electron chi connectivity index (χ4n) is 0.915. The molecule has 13 heavy (non-hydrogen) atoms. The lowest BCUT2D eigenvalue weighted by Gasteiger charge is -2.19. The highest BCUT2D eigenvalue weighted by Crippen LogP contribution is 2.25. The van der Waals surface area contributed by atoms with Crippen molar-refractivity contribution in [2.24, 2.45) is 0 Å². The molecule has 70 valence electrons. The predicted molar refractivity (Wildman–Crippen MR) is 55.0 cm³/mol. The second kappa shape index (κ2) is 3.70. The largest absolute Gasteiger partial charge is 0.377 e. The lowest BCUT2D eigenvalue weighted by molar-refractivity contribution is -0.126. The van der Waals surface area contributed by atoms with E-state index in [0.717, 1.165) is 0 Å². The third kappa shape index (κ3) is 2.24. The number of hydrogen-bond donors (Lipinski definition) is 2. The van der Waals surface area contributed by atoms with Crippen LogP contribution in [-0.2, 0) is 10.4 Å².